The Morgan fingerprint density at radius 2 is 0.313 bits per heavy atom. The molecule has 0 radical (unpaired) electrons. The van der Waals surface area contributed by atoms with Crippen LogP contribution in [0.5, 0.6) is 0 Å². The number of rotatable bonds is 50. The van der Waals surface area contributed by atoms with Crippen molar-refractivity contribution in [2.75, 3.05) is 65.4 Å². The van der Waals surface area contributed by atoms with Crippen LogP contribution in [0.15, 0.2) is 303 Å². The van der Waals surface area contributed by atoms with E-state index in [0.29, 0.717) is 6.54 Å². The second kappa shape index (κ2) is 51.3. The third-order valence-electron chi connectivity index (χ3n) is 25.8. The van der Waals surface area contributed by atoms with Gasteiger partial charge in [-0.25, -0.2) is 0 Å². The SMILES string of the molecule is CC(NCCC(=O)N(CCC(=O)N(CCC(=O)N(CCC(=O)N(CCC(=O)N(CCC(=O)N(CCC(=O)N(CCC(=O)N(CCC(=O)N(CCC(=O)O)[C@H](C)c1ccccc1)[C@H](C)c1ccccc1)[C@H](C)c1ccccc1)[C@H](C)c1ccccc1)[C@H](C)c1ccccc1)[C@H](C)c1ccccc1)[C@H](C)c1ccccc1)[C@H](C)c1ccccc1)[C@H](C)c1ccccc1)c1ccccc1. The van der Waals surface area contributed by atoms with Gasteiger partial charge in [0.25, 0.3) is 0 Å². The molecule has 0 bridgehead atoms. The van der Waals surface area contributed by atoms with Crippen LogP contribution in [0, 0.1) is 0 Å². The second-order valence-corrected chi connectivity index (χ2v) is 34.0. The summed E-state index contributed by atoms with van der Waals surface area (Å²) in [5.74, 6) is -3.49. The lowest BCUT2D eigenvalue weighted by Crippen LogP contribution is -2.44. The van der Waals surface area contributed by atoms with Gasteiger partial charge in [-0.1, -0.05) is 303 Å². The number of hydrogen-bond acceptors (Lipinski definition) is 11. The van der Waals surface area contributed by atoms with Gasteiger partial charge >= 0.3 is 5.97 Å². The van der Waals surface area contributed by atoms with E-state index < -0.39 is 54.3 Å². The van der Waals surface area contributed by atoms with E-state index in [0.717, 1.165) is 55.6 Å². The molecule has 10 atom stereocenters. The molecule has 0 aliphatic rings. The number of amides is 9. The summed E-state index contributed by atoms with van der Waals surface area (Å²) in [5.41, 5.74) is 8.74. The standard InChI is InChI=1S/C110H132N10O11/c1-81(91-41-21-11-22-42-91)111-71-61-101(121)112(82(2)92-43-23-12-24-44-92)72-62-102(122)113(83(3)93-45-25-13-26-46-93)73-63-103(123)114(84(4)94-47-27-14-28-48-94)74-64-104(124)115(85(5)95-49-29-15-30-50-95)75-65-105(125)116(86(6)96-51-31-16-32-52-96)76-66-106(126)117(87(7)97-53-33-17-34-54-97)77-67-107(127)118(88(8)98-55-35-18-36-56-98)78-68-108(128)119(89(9)99-57-37-19-38-58-99)79-69-109(129)120(80-70-110(130)131)90(10)100-59-39-20-40-60-100/h11-60,81-90,111H,61-80H2,1-10H3,(H,130,131)/t81?,82-,83-,84-,85-,86-,87-,88-,89-,90-/m1/s1. The number of nitrogens with zero attached hydrogens (tertiary/aromatic N) is 9. The van der Waals surface area contributed by atoms with Crippen molar-refractivity contribution in [2.24, 2.45) is 0 Å². The van der Waals surface area contributed by atoms with Gasteiger partial charge in [0.1, 0.15) is 0 Å². The Balaban J connectivity index is 0.859. The van der Waals surface area contributed by atoms with E-state index in [1.165, 1.54) is 0 Å². The first-order valence-corrected chi connectivity index (χ1v) is 46.4. The van der Waals surface area contributed by atoms with Crippen LogP contribution in [-0.2, 0) is 47.9 Å². The number of carboxylic acids is 1. The van der Waals surface area contributed by atoms with E-state index in [4.69, 9.17) is 0 Å². The smallest absolute Gasteiger partial charge is 0.305 e. The largest absolute Gasteiger partial charge is 0.481 e. The average molecular weight is 1770 g/mol. The summed E-state index contributed by atoms with van der Waals surface area (Å²) in [7, 11) is 0. The highest BCUT2D eigenvalue weighted by Gasteiger charge is 2.35. The van der Waals surface area contributed by atoms with Crippen molar-refractivity contribution >= 4 is 59.1 Å². The minimum Gasteiger partial charge on any atom is -0.481 e. The molecule has 10 aromatic rings. The molecule has 10 rings (SSSR count). The van der Waals surface area contributed by atoms with Crippen LogP contribution in [0.3, 0.4) is 0 Å². The van der Waals surface area contributed by atoms with Crippen LogP contribution in [-0.4, -0.2) is 174 Å². The van der Waals surface area contributed by atoms with Crippen LogP contribution < -0.4 is 5.32 Å². The zero-order chi connectivity index (χ0) is 93.7. The molecular formula is C110H132N10O11. The lowest BCUT2D eigenvalue weighted by atomic mass is 10.0. The fourth-order valence-corrected chi connectivity index (χ4v) is 17.5. The van der Waals surface area contributed by atoms with Gasteiger partial charge < -0.3 is 54.5 Å². The molecule has 0 heterocycles. The molecular weight excluding hydrogens is 1640 g/mol. The van der Waals surface area contributed by atoms with E-state index in [9.17, 15) is 19.5 Å². The van der Waals surface area contributed by atoms with Gasteiger partial charge in [-0.05, 0) is 125 Å². The zero-order valence-electron chi connectivity index (χ0n) is 77.8. The predicted octanol–water partition coefficient (Wildman–Crippen LogP) is 19.6. The van der Waals surface area contributed by atoms with Gasteiger partial charge in [0.2, 0.25) is 53.2 Å². The van der Waals surface area contributed by atoms with Crippen molar-refractivity contribution in [2.45, 2.75) is 194 Å². The van der Waals surface area contributed by atoms with Gasteiger partial charge in [-0.15, -0.1) is 0 Å². The topological polar surface area (TPSA) is 232 Å². The molecule has 688 valence electrons. The first-order chi connectivity index (χ1) is 63.3. The molecule has 9 amide bonds. The van der Waals surface area contributed by atoms with Crippen LogP contribution in [0.1, 0.15) is 249 Å². The number of hydrogen-bond donors (Lipinski definition) is 2. The fourth-order valence-electron chi connectivity index (χ4n) is 17.5. The minimum absolute atomic E-state index is 0.00475. The van der Waals surface area contributed by atoms with Gasteiger partial charge in [-0.2, -0.15) is 0 Å². The summed E-state index contributed by atoms with van der Waals surface area (Å²) < 4.78 is 0. The molecule has 0 aliphatic heterocycles. The summed E-state index contributed by atoms with van der Waals surface area (Å²) in [6.45, 7) is 19.9. The van der Waals surface area contributed by atoms with Crippen molar-refractivity contribution in [1.29, 1.82) is 0 Å². The number of nitrogens with one attached hydrogen (secondary N) is 1. The van der Waals surface area contributed by atoms with Crippen molar-refractivity contribution in [1.82, 2.24) is 49.4 Å². The number of carboxylic acid groups (broad SMARTS) is 1. The zero-order valence-corrected chi connectivity index (χ0v) is 77.8. The fraction of sp³-hybridized carbons (Fsp3) is 0.364. The number of carbonyl (C=O) groups excluding carboxylic acids is 9. The monoisotopic (exact) mass is 1770 g/mol. The highest BCUT2D eigenvalue weighted by atomic mass is 16.4. The molecule has 0 saturated carbocycles. The minimum atomic E-state index is -1.04. The third-order valence-corrected chi connectivity index (χ3v) is 25.8. The Labute approximate surface area is 775 Å². The maximum atomic E-state index is 15.6. The molecule has 0 aliphatic carbocycles. The number of benzene rings is 10. The Kier molecular flexibility index (Phi) is 39.2. The van der Waals surface area contributed by atoms with Crippen molar-refractivity contribution in [3.63, 3.8) is 0 Å². The summed E-state index contributed by atoms with van der Waals surface area (Å²) in [6, 6.07) is 91.9. The second-order valence-electron chi connectivity index (χ2n) is 34.0. The Bertz CT molecular complexity index is 5160. The Hall–Kier alpha value is -13.1. The first-order valence-electron chi connectivity index (χ1n) is 46.4. The summed E-state index contributed by atoms with van der Waals surface area (Å²) >= 11 is 0. The molecule has 131 heavy (non-hydrogen) atoms. The van der Waals surface area contributed by atoms with E-state index in [1.807, 2.05) is 353 Å². The highest BCUT2D eigenvalue weighted by molar-refractivity contribution is 5.85. The van der Waals surface area contributed by atoms with Crippen LogP contribution in [0.2, 0.25) is 0 Å². The molecule has 1 unspecified atom stereocenters. The van der Waals surface area contributed by atoms with Gasteiger partial charge in [-0.3, -0.25) is 47.9 Å². The van der Waals surface area contributed by atoms with Crippen LogP contribution >= 0.6 is 0 Å². The molecule has 0 fully saturated rings. The molecule has 2 N–H and O–H groups in total. The van der Waals surface area contributed by atoms with Crippen molar-refractivity contribution in [3.8, 4) is 0 Å². The maximum absolute atomic E-state index is 15.6. The predicted molar refractivity (Wildman–Crippen MR) is 516 cm³/mol. The van der Waals surface area contributed by atoms with Gasteiger partial charge in [0.05, 0.1) is 60.8 Å². The lowest BCUT2D eigenvalue weighted by Gasteiger charge is -2.36. The summed E-state index contributed by atoms with van der Waals surface area (Å²) in [6.07, 6.45) is -0.900. The average Bonchev–Trinajstić information content (AvgIpc) is 0.834. The van der Waals surface area contributed by atoms with Crippen molar-refractivity contribution < 1.29 is 53.1 Å². The molecule has 0 aromatic heterocycles. The van der Waals surface area contributed by atoms with E-state index in [1.54, 1.807) is 44.1 Å². The molecule has 21 nitrogen and oxygen atoms in total. The third kappa shape index (κ3) is 29.2. The molecule has 10 aromatic carbocycles. The first kappa shape index (κ1) is 100. The maximum Gasteiger partial charge on any atom is 0.305 e. The normalized spacial score (nSPS) is 13.5. The highest BCUT2D eigenvalue weighted by Crippen LogP contribution is 2.33. The van der Waals surface area contributed by atoms with Crippen molar-refractivity contribution in [3.05, 3.63) is 359 Å². The van der Waals surface area contributed by atoms with Gasteiger partial charge in [0.15, 0.2) is 0 Å². The summed E-state index contributed by atoms with van der Waals surface area (Å²) in [4.78, 5) is 164. The van der Waals surface area contributed by atoms with Gasteiger partial charge in [0, 0.05) is 129 Å². The number of carbonyl (C=O) groups is 10. The lowest BCUT2D eigenvalue weighted by molar-refractivity contribution is -0.142. The quantitative estimate of drug-likeness (QED) is 0.0362. The molecule has 21 heteroatoms. The van der Waals surface area contributed by atoms with E-state index in [2.05, 4.69) is 24.4 Å². The van der Waals surface area contributed by atoms with Crippen LogP contribution in [0.4, 0.5) is 0 Å². The van der Waals surface area contributed by atoms with E-state index >= 15 is 33.6 Å². The Morgan fingerprint density at radius 3 is 0.450 bits per heavy atom. The molecule has 0 saturated heterocycles. The Morgan fingerprint density at radius 1 is 0.191 bits per heavy atom. The number of aliphatic carboxylic acids is 1. The molecule has 0 spiro atoms. The summed E-state index contributed by atoms with van der Waals surface area (Å²) in [5, 5.41) is 13.3. The van der Waals surface area contributed by atoms with E-state index in [-0.39, 0.29) is 188 Å². The van der Waals surface area contributed by atoms with Crippen LogP contribution in [0.25, 0.3) is 0 Å².